The number of nitrogens with zero attached hydrogens (tertiary/aromatic N) is 4. The average molecular weight is 360 g/mol. The van der Waals surface area contributed by atoms with E-state index in [0.717, 1.165) is 16.5 Å². The third kappa shape index (κ3) is 3.80. The van der Waals surface area contributed by atoms with Crippen molar-refractivity contribution in [2.24, 2.45) is 0 Å². The number of fused-ring (bicyclic) bond motifs is 1. The van der Waals surface area contributed by atoms with Gasteiger partial charge < -0.3 is 14.4 Å². The second-order valence-electron chi connectivity index (χ2n) is 6.43. The van der Waals surface area contributed by atoms with Crippen molar-refractivity contribution in [3.8, 4) is 11.5 Å². The van der Waals surface area contributed by atoms with Crippen molar-refractivity contribution in [1.29, 1.82) is 0 Å². The van der Waals surface area contributed by atoms with Gasteiger partial charge in [0.2, 0.25) is 5.95 Å². The number of furan rings is 1. The number of aliphatic hydroxyl groups excluding tert-OH is 1. The highest BCUT2D eigenvalue weighted by molar-refractivity contribution is 5.82. The molecule has 6 nitrogen and oxygen atoms in total. The Kier molecular flexibility index (Phi) is 4.80. The summed E-state index contributed by atoms with van der Waals surface area (Å²) in [6.45, 7) is 0.599. The SMILES string of the molecule is CN(CC[C@H](O)c1ccccc1)c1nncc(-c2cc3ccccc3o2)n1. The van der Waals surface area contributed by atoms with Crippen molar-refractivity contribution in [2.45, 2.75) is 12.5 Å². The molecule has 2 aromatic carbocycles. The predicted molar refractivity (Wildman–Crippen MR) is 104 cm³/mol. The maximum atomic E-state index is 10.3. The van der Waals surface area contributed by atoms with Gasteiger partial charge in [-0.15, -0.1) is 5.10 Å². The summed E-state index contributed by atoms with van der Waals surface area (Å²) in [6.07, 6.45) is 1.63. The lowest BCUT2D eigenvalue weighted by Crippen LogP contribution is -2.23. The van der Waals surface area contributed by atoms with Crippen LogP contribution in [0.5, 0.6) is 0 Å². The standard InChI is InChI=1S/C21H20N4O2/c1-25(12-11-18(26)15-7-3-2-4-8-15)21-23-17(14-22-24-21)20-13-16-9-5-6-10-19(16)27-20/h2-10,13-14,18,26H,11-12H2,1H3/t18-/m0/s1. The molecule has 2 aromatic heterocycles. The molecule has 0 bridgehead atoms. The Balaban J connectivity index is 1.48. The number of aliphatic hydroxyl groups is 1. The molecule has 4 rings (SSSR count). The largest absolute Gasteiger partial charge is 0.454 e. The maximum absolute atomic E-state index is 10.3. The van der Waals surface area contributed by atoms with Gasteiger partial charge in [-0.2, -0.15) is 5.10 Å². The van der Waals surface area contributed by atoms with E-state index in [1.807, 2.05) is 72.6 Å². The summed E-state index contributed by atoms with van der Waals surface area (Å²) in [5, 5.41) is 19.5. The average Bonchev–Trinajstić information content (AvgIpc) is 3.17. The normalized spacial score (nSPS) is 12.2. The summed E-state index contributed by atoms with van der Waals surface area (Å²) >= 11 is 0. The first-order valence-corrected chi connectivity index (χ1v) is 8.83. The molecule has 0 saturated heterocycles. The van der Waals surface area contributed by atoms with Gasteiger partial charge in [-0.25, -0.2) is 4.98 Å². The fourth-order valence-corrected chi connectivity index (χ4v) is 2.94. The summed E-state index contributed by atoms with van der Waals surface area (Å²) in [5.74, 6) is 1.15. The third-order valence-electron chi connectivity index (χ3n) is 4.49. The van der Waals surface area contributed by atoms with Crippen LogP contribution < -0.4 is 4.90 Å². The molecule has 1 atom stereocenters. The zero-order valence-corrected chi connectivity index (χ0v) is 15.0. The second kappa shape index (κ2) is 7.55. The number of hydrogen-bond donors (Lipinski definition) is 1. The van der Waals surface area contributed by atoms with Crippen molar-refractivity contribution in [3.63, 3.8) is 0 Å². The van der Waals surface area contributed by atoms with Crippen LogP contribution in [0.15, 0.2) is 71.3 Å². The molecule has 0 amide bonds. The zero-order chi connectivity index (χ0) is 18.6. The van der Waals surface area contributed by atoms with E-state index in [-0.39, 0.29) is 0 Å². The van der Waals surface area contributed by atoms with E-state index >= 15 is 0 Å². The van der Waals surface area contributed by atoms with Crippen molar-refractivity contribution < 1.29 is 9.52 Å². The Bertz CT molecular complexity index is 999. The van der Waals surface area contributed by atoms with Gasteiger partial charge in [0.05, 0.1) is 12.3 Å². The van der Waals surface area contributed by atoms with E-state index in [4.69, 9.17) is 4.42 Å². The van der Waals surface area contributed by atoms with Crippen LogP contribution in [0, 0.1) is 0 Å². The zero-order valence-electron chi connectivity index (χ0n) is 15.0. The fraction of sp³-hybridized carbons (Fsp3) is 0.190. The molecule has 0 fully saturated rings. The summed E-state index contributed by atoms with van der Waals surface area (Å²) in [4.78, 5) is 6.45. The summed E-state index contributed by atoms with van der Waals surface area (Å²) in [7, 11) is 1.89. The van der Waals surface area contributed by atoms with Crippen molar-refractivity contribution in [3.05, 3.63) is 72.4 Å². The van der Waals surface area contributed by atoms with Gasteiger partial charge in [0.25, 0.3) is 0 Å². The van der Waals surface area contributed by atoms with Crippen LogP contribution >= 0.6 is 0 Å². The summed E-state index contributed by atoms with van der Waals surface area (Å²) in [5.41, 5.74) is 2.35. The minimum atomic E-state index is -0.528. The Labute approximate surface area is 157 Å². The Morgan fingerprint density at radius 2 is 1.85 bits per heavy atom. The summed E-state index contributed by atoms with van der Waals surface area (Å²) in [6, 6.07) is 19.4. The van der Waals surface area contributed by atoms with E-state index < -0.39 is 6.10 Å². The molecule has 0 aliphatic heterocycles. The van der Waals surface area contributed by atoms with Gasteiger partial charge in [0.15, 0.2) is 5.76 Å². The number of benzene rings is 2. The van der Waals surface area contributed by atoms with Crippen LogP contribution in [-0.4, -0.2) is 33.9 Å². The van der Waals surface area contributed by atoms with Gasteiger partial charge in [0.1, 0.15) is 11.3 Å². The van der Waals surface area contributed by atoms with Crippen LogP contribution in [0.3, 0.4) is 0 Å². The topological polar surface area (TPSA) is 75.3 Å². The molecule has 0 spiro atoms. The van der Waals surface area contributed by atoms with Crippen molar-refractivity contribution in [1.82, 2.24) is 15.2 Å². The van der Waals surface area contributed by atoms with Crippen LogP contribution in [0.1, 0.15) is 18.1 Å². The van der Waals surface area contributed by atoms with Gasteiger partial charge >= 0.3 is 0 Å². The Morgan fingerprint density at radius 3 is 2.67 bits per heavy atom. The number of para-hydroxylation sites is 1. The molecule has 2 heterocycles. The number of rotatable bonds is 6. The molecule has 0 aliphatic carbocycles. The lowest BCUT2D eigenvalue weighted by Gasteiger charge is -2.19. The van der Waals surface area contributed by atoms with Gasteiger partial charge in [0, 0.05) is 19.0 Å². The third-order valence-corrected chi connectivity index (χ3v) is 4.49. The molecular formula is C21H20N4O2. The first-order chi connectivity index (χ1) is 13.2. The second-order valence-corrected chi connectivity index (χ2v) is 6.43. The first kappa shape index (κ1) is 17.2. The Hall–Kier alpha value is -3.25. The minimum absolute atomic E-state index is 0.494. The fourth-order valence-electron chi connectivity index (χ4n) is 2.94. The molecule has 0 unspecified atom stereocenters. The smallest absolute Gasteiger partial charge is 0.245 e. The van der Waals surface area contributed by atoms with E-state index in [1.54, 1.807) is 6.20 Å². The lowest BCUT2D eigenvalue weighted by atomic mass is 10.1. The molecule has 0 saturated carbocycles. The van der Waals surface area contributed by atoms with Crippen LogP contribution in [0.4, 0.5) is 5.95 Å². The number of anilines is 1. The molecule has 1 N–H and O–H groups in total. The highest BCUT2D eigenvalue weighted by atomic mass is 16.3. The monoisotopic (exact) mass is 360 g/mol. The van der Waals surface area contributed by atoms with Crippen LogP contribution in [0.25, 0.3) is 22.4 Å². The lowest BCUT2D eigenvalue weighted by molar-refractivity contribution is 0.169. The van der Waals surface area contributed by atoms with E-state index in [2.05, 4.69) is 15.2 Å². The molecule has 27 heavy (non-hydrogen) atoms. The molecule has 4 aromatic rings. The van der Waals surface area contributed by atoms with Crippen LogP contribution in [-0.2, 0) is 0 Å². The number of hydrogen-bond acceptors (Lipinski definition) is 6. The summed E-state index contributed by atoms with van der Waals surface area (Å²) < 4.78 is 5.86. The van der Waals surface area contributed by atoms with E-state index in [0.29, 0.717) is 30.4 Å². The highest BCUT2D eigenvalue weighted by Gasteiger charge is 2.13. The predicted octanol–water partition coefficient (Wildman–Crippen LogP) is 3.84. The molecule has 0 aliphatic rings. The maximum Gasteiger partial charge on any atom is 0.245 e. The number of aromatic nitrogens is 3. The Morgan fingerprint density at radius 1 is 1.07 bits per heavy atom. The molecule has 0 radical (unpaired) electrons. The molecule has 6 heteroatoms. The molecular weight excluding hydrogens is 340 g/mol. The van der Waals surface area contributed by atoms with Crippen molar-refractivity contribution in [2.75, 3.05) is 18.5 Å². The highest BCUT2D eigenvalue weighted by Crippen LogP contribution is 2.26. The minimum Gasteiger partial charge on any atom is -0.454 e. The van der Waals surface area contributed by atoms with Gasteiger partial charge in [-0.05, 0) is 24.1 Å². The van der Waals surface area contributed by atoms with E-state index in [1.165, 1.54) is 0 Å². The van der Waals surface area contributed by atoms with Crippen LogP contribution in [0.2, 0.25) is 0 Å². The van der Waals surface area contributed by atoms with E-state index in [9.17, 15) is 5.11 Å². The van der Waals surface area contributed by atoms with Gasteiger partial charge in [-0.1, -0.05) is 48.5 Å². The quantitative estimate of drug-likeness (QED) is 0.563. The first-order valence-electron chi connectivity index (χ1n) is 8.83. The van der Waals surface area contributed by atoms with Gasteiger partial charge in [-0.3, -0.25) is 0 Å². The molecule has 136 valence electrons. The van der Waals surface area contributed by atoms with Crippen molar-refractivity contribution >= 4 is 16.9 Å².